The largest absolute Gasteiger partial charge is 0.497 e. The number of hydrogen-bond acceptors (Lipinski definition) is 17. The molecule has 0 aliphatic heterocycles. The number of non-ortho nitro benzene ring substituents is 1. The fourth-order valence-corrected chi connectivity index (χ4v) is 10.9. The molecule has 6 atom stereocenters. The maximum Gasteiger partial charge on any atom is 0.313 e. The first-order valence-electron chi connectivity index (χ1n) is 29.1. The molecule has 0 unspecified atom stereocenters. The first kappa shape index (κ1) is 65.8. The summed E-state index contributed by atoms with van der Waals surface area (Å²) in [5.41, 5.74) is 7.94. The number of esters is 2. The Kier molecular flexibility index (Phi) is 22.1. The van der Waals surface area contributed by atoms with E-state index < -0.39 is 68.6 Å². The molecule has 22 nitrogen and oxygen atoms in total. The quantitative estimate of drug-likeness (QED) is 0.0121. The van der Waals surface area contributed by atoms with Crippen molar-refractivity contribution in [3.8, 4) is 34.5 Å². The number of methoxy groups -OCH3 is 2. The van der Waals surface area contributed by atoms with Crippen molar-refractivity contribution >= 4 is 46.9 Å². The van der Waals surface area contributed by atoms with Crippen molar-refractivity contribution in [1.29, 1.82) is 0 Å². The molecule has 0 spiro atoms. The number of carbonyl (C=O) groups excluding carboxylic acids is 6. The minimum Gasteiger partial charge on any atom is -0.497 e. The van der Waals surface area contributed by atoms with Crippen molar-refractivity contribution < 1.29 is 77.7 Å². The summed E-state index contributed by atoms with van der Waals surface area (Å²) in [6.45, 7) is 3.86. The third-order valence-corrected chi connectivity index (χ3v) is 16.2. The topological polar surface area (TPSA) is 310 Å². The van der Waals surface area contributed by atoms with Crippen LogP contribution < -0.4 is 40.7 Å². The molecule has 22 heteroatoms. The number of hydrogen-bond donors (Lipinski definition) is 7. The molecule has 7 aromatic rings. The van der Waals surface area contributed by atoms with Gasteiger partial charge in [-0.25, -0.2) is 16.4 Å². The van der Waals surface area contributed by atoms with Gasteiger partial charge >= 0.3 is 11.9 Å². The predicted molar refractivity (Wildman–Crippen MR) is 327 cm³/mol. The maximum absolute atomic E-state index is 13.2. The van der Waals surface area contributed by atoms with Crippen LogP contribution in [0.25, 0.3) is 0 Å². The highest BCUT2D eigenvalue weighted by molar-refractivity contribution is 6.03. The number of benzene rings is 7. The van der Waals surface area contributed by atoms with Crippen LogP contribution in [0.2, 0.25) is 0 Å². The molecule has 10 rings (SSSR count). The molecule has 0 heterocycles. The first-order chi connectivity index (χ1) is 43.4. The van der Waals surface area contributed by atoms with Crippen molar-refractivity contribution in [3.63, 3.8) is 0 Å². The highest BCUT2D eigenvalue weighted by Gasteiger charge is 2.66. The summed E-state index contributed by atoms with van der Waals surface area (Å²) in [6.07, 6.45) is 4.01. The van der Waals surface area contributed by atoms with E-state index in [-0.39, 0.29) is 24.8 Å². The molecule has 90 heavy (non-hydrogen) atoms. The Hall–Kier alpha value is -10.2. The highest BCUT2D eigenvalue weighted by Crippen LogP contribution is 2.58. The third-order valence-electron chi connectivity index (χ3n) is 16.2. The lowest BCUT2D eigenvalue weighted by molar-refractivity contribution is -0.384. The lowest BCUT2D eigenvalue weighted by Crippen LogP contribution is -2.33. The summed E-state index contributed by atoms with van der Waals surface area (Å²) in [5, 5.41) is 40.5. The number of rotatable bonds is 25. The summed E-state index contributed by atoms with van der Waals surface area (Å²) in [5.74, 6) is -0.844. The van der Waals surface area contributed by atoms with Crippen LogP contribution >= 0.6 is 0 Å². The maximum atomic E-state index is 13.2. The molecule has 3 fully saturated rings. The third kappa shape index (κ3) is 16.5. The van der Waals surface area contributed by atoms with Crippen LogP contribution in [-0.4, -0.2) is 83.5 Å². The van der Waals surface area contributed by atoms with Crippen LogP contribution in [0.5, 0.6) is 34.5 Å². The first-order valence-corrected chi connectivity index (χ1v) is 29.1. The second-order valence-corrected chi connectivity index (χ2v) is 22.0. The number of amides is 4. The van der Waals surface area contributed by atoms with Gasteiger partial charge < -0.3 is 33.7 Å². The number of nitro groups is 1. The number of nitrogens with one attached hydrogen (secondary N) is 4. The van der Waals surface area contributed by atoms with Gasteiger partial charge in [0.25, 0.3) is 5.69 Å². The molecular formula is C68H71N5O17. The van der Waals surface area contributed by atoms with Gasteiger partial charge in [-0.1, -0.05) is 78.9 Å². The molecule has 3 aliphatic carbocycles. The van der Waals surface area contributed by atoms with Crippen molar-refractivity contribution in [3.05, 3.63) is 214 Å². The molecule has 0 bridgehead atoms. The zero-order valence-corrected chi connectivity index (χ0v) is 50.1. The van der Waals surface area contributed by atoms with Gasteiger partial charge in [0.1, 0.15) is 34.5 Å². The minimum absolute atomic E-state index is 0.0251. The van der Waals surface area contributed by atoms with E-state index in [1.165, 1.54) is 35.4 Å². The van der Waals surface area contributed by atoms with Crippen molar-refractivity contribution in [2.45, 2.75) is 65.2 Å². The molecule has 7 aromatic carbocycles. The summed E-state index contributed by atoms with van der Waals surface area (Å²) < 4.78 is 32.0. The standard InChI is InChI=1S/C27H28N2O4.C21H23NO6.C20H20N2O7/c1-33-23-15-13-22(14-16-23)28-26(31)27(18-24(27)25(30)29-32)17-21-11-9-20(10-12-21)8-7-19-5-3-2-4-6-19;1-3-27-20(24)21(13-18(21)19(23)22-25)12-14-4-6-16(7-5-14)28-17-10-8-15(26-2)9-11-17;1-2-28-19(24)20(12-17(20)18(23)21-25)11-13-3-7-15(8-4-13)29-16-9-5-14(6-10-16)22(26)27/h2-6,9-16,24,32H,7-8,17-18H2,1H3,(H,28,31)(H,29,30);4-11,18,25H,3,12-13H2,1-2H3,(H,22,23);3-10,17,25H,2,11-12H2,1H3,(H,21,23)/t24-,27+;18-,21+;17-,20+/m111/s1. The molecule has 4 amide bonds. The van der Waals surface area contributed by atoms with Crippen LogP contribution in [0.15, 0.2) is 176 Å². The molecule has 3 aliphatic rings. The number of carbonyl (C=O) groups is 6. The fraction of sp³-hybridized carbons (Fsp3) is 0.294. The second-order valence-electron chi connectivity index (χ2n) is 22.0. The number of aryl methyl sites for hydroxylation is 2. The Morgan fingerprint density at radius 3 is 1.17 bits per heavy atom. The molecular weight excluding hydrogens is 1160 g/mol. The summed E-state index contributed by atoms with van der Waals surface area (Å²) in [4.78, 5) is 83.9. The van der Waals surface area contributed by atoms with Gasteiger partial charge in [-0.15, -0.1) is 0 Å². The van der Waals surface area contributed by atoms with E-state index in [0.717, 1.165) is 35.3 Å². The minimum atomic E-state index is -0.983. The van der Waals surface area contributed by atoms with E-state index in [1.807, 2.05) is 78.9 Å². The molecule has 470 valence electrons. The number of hydroxylamine groups is 3. The number of nitrogens with zero attached hydrogens (tertiary/aromatic N) is 1. The summed E-state index contributed by atoms with van der Waals surface area (Å²) in [7, 11) is 3.18. The van der Waals surface area contributed by atoms with Crippen molar-refractivity contribution in [2.24, 2.45) is 34.0 Å². The molecule has 0 radical (unpaired) electrons. The number of ether oxygens (including phenoxy) is 6. The molecule has 0 saturated heterocycles. The Balaban J connectivity index is 0.000000175. The van der Waals surface area contributed by atoms with Gasteiger partial charge in [0.05, 0.1) is 66.4 Å². The van der Waals surface area contributed by atoms with Gasteiger partial charge in [-0.2, -0.15) is 0 Å². The number of anilines is 1. The molecule has 0 aromatic heterocycles. The van der Waals surface area contributed by atoms with Crippen molar-refractivity contribution in [1.82, 2.24) is 16.4 Å². The van der Waals surface area contributed by atoms with E-state index in [2.05, 4.69) is 29.6 Å². The fourth-order valence-electron chi connectivity index (χ4n) is 10.9. The number of nitro benzene ring substituents is 1. The van der Waals surface area contributed by atoms with E-state index in [9.17, 15) is 38.9 Å². The lowest BCUT2D eigenvalue weighted by Gasteiger charge is -2.18. The Morgan fingerprint density at radius 1 is 0.456 bits per heavy atom. The van der Waals surface area contributed by atoms with Crippen LogP contribution in [-0.2, 0) is 70.3 Å². The zero-order valence-electron chi connectivity index (χ0n) is 50.1. The van der Waals surface area contributed by atoms with Gasteiger partial charge in [0, 0.05) is 17.8 Å². The average Bonchev–Trinajstić information content (AvgIpc) is 1.61. The Labute approximate surface area is 519 Å². The van der Waals surface area contributed by atoms with E-state index in [1.54, 1.807) is 93.0 Å². The zero-order chi connectivity index (χ0) is 64.4. The Bertz CT molecular complexity index is 3590. The average molecular weight is 1230 g/mol. The van der Waals surface area contributed by atoms with Gasteiger partial charge in [0.15, 0.2) is 0 Å². The predicted octanol–water partition coefficient (Wildman–Crippen LogP) is 10.3. The van der Waals surface area contributed by atoms with Crippen molar-refractivity contribution in [2.75, 3.05) is 32.8 Å². The molecule has 3 saturated carbocycles. The van der Waals surface area contributed by atoms with Gasteiger partial charge in [-0.05, 0) is 178 Å². The van der Waals surface area contributed by atoms with E-state index in [0.29, 0.717) is 73.0 Å². The normalized spacial score (nSPS) is 19.6. The van der Waals surface area contributed by atoms with Crippen LogP contribution in [0.1, 0.15) is 60.9 Å². The lowest BCUT2D eigenvalue weighted by atomic mass is 9.91. The van der Waals surface area contributed by atoms with E-state index in [4.69, 9.17) is 44.0 Å². The van der Waals surface area contributed by atoms with E-state index >= 15 is 0 Å². The SMILES string of the molecule is CCOC(=O)[C@@]1(Cc2ccc(Oc3ccc(OC)cc3)cc2)C[C@@H]1C(=O)NO.CCOC(=O)[C@@]1(Cc2ccc(Oc3ccc([N+](=O)[O-])cc3)cc2)C[C@@H]1C(=O)NO.COc1ccc(NC(=O)[C@@]2(Cc3ccc(CCc4ccccc4)cc3)C[C@@H]2C(=O)NO)cc1. The summed E-state index contributed by atoms with van der Waals surface area (Å²) >= 11 is 0. The van der Waals surface area contributed by atoms with Crippen LogP contribution in [0.4, 0.5) is 11.4 Å². The highest BCUT2D eigenvalue weighted by atomic mass is 16.6. The van der Waals surface area contributed by atoms with Gasteiger partial charge in [0.2, 0.25) is 23.6 Å². The summed E-state index contributed by atoms with van der Waals surface area (Å²) in [6, 6.07) is 52.8. The smallest absolute Gasteiger partial charge is 0.313 e. The monoisotopic (exact) mass is 1230 g/mol. The van der Waals surface area contributed by atoms with Crippen LogP contribution in [0.3, 0.4) is 0 Å². The molecule has 7 N–H and O–H groups in total. The Morgan fingerprint density at radius 2 is 0.778 bits per heavy atom. The van der Waals surface area contributed by atoms with Crippen LogP contribution in [0, 0.1) is 44.1 Å². The van der Waals surface area contributed by atoms with Gasteiger partial charge in [-0.3, -0.25) is 54.5 Å². The second kappa shape index (κ2) is 30.2.